The standard InChI is InChI=1S/C16H23N3O3S/c1-17(2)23(21,22)18-10-7-14(8-11-18)16(20)19-12-9-13-5-3-4-6-15(13)19/h3-6,14H,7-12H2,1-2H3. The zero-order chi connectivity index (χ0) is 16.6. The fraction of sp³-hybridized carbons (Fsp3) is 0.562. The molecule has 1 fully saturated rings. The molecule has 1 saturated heterocycles. The Labute approximate surface area is 137 Å². The first-order chi connectivity index (χ1) is 10.9. The Morgan fingerprint density at radius 1 is 1.13 bits per heavy atom. The van der Waals surface area contributed by atoms with E-state index in [0.29, 0.717) is 25.9 Å². The lowest BCUT2D eigenvalue weighted by Crippen LogP contribution is -2.47. The Kier molecular flexibility index (Phi) is 4.44. The van der Waals surface area contributed by atoms with Crippen molar-refractivity contribution in [2.24, 2.45) is 5.92 Å². The molecule has 1 aromatic rings. The Hall–Kier alpha value is -1.44. The van der Waals surface area contributed by atoms with Gasteiger partial charge in [-0.15, -0.1) is 0 Å². The van der Waals surface area contributed by atoms with Crippen molar-refractivity contribution >= 4 is 21.8 Å². The summed E-state index contributed by atoms with van der Waals surface area (Å²) in [5.41, 5.74) is 2.23. The van der Waals surface area contributed by atoms with E-state index in [1.54, 1.807) is 0 Å². The van der Waals surface area contributed by atoms with Crippen LogP contribution in [-0.4, -0.2) is 56.7 Å². The summed E-state index contributed by atoms with van der Waals surface area (Å²) >= 11 is 0. The minimum atomic E-state index is -3.38. The number of hydrogen-bond donors (Lipinski definition) is 0. The molecule has 3 rings (SSSR count). The molecule has 2 aliphatic rings. The summed E-state index contributed by atoms with van der Waals surface area (Å²) in [4.78, 5) is 14.7. The number of nitrogens with zero attached hydrogens (tertiary/aromatic N) is 3. The van der Waals surface area contributed by atoms with Crippen LogP contribution in [0, 0.1) is 5.92 Å². The molecule has 0 N–H and O–H groups in total. The van der Waals surface area contributed by atoms with Gasteiger partial charge in [0.2, 0.25) is 5.91 Å². The number of para-hydroxylation sites is 1. The van der Waals surface area contributed by atoms with E-state index >= 15 is 0 Å². The van der Waals surface area contributed by atoms with Gasteiger partial charge in [0, 0.05) is 45.3 Å². The molecule has 1 amide bonds. The van der Waals surface area contributed by atoms with Gasteiger partial charge in [-0.3, -0.25) is 4.79 Å². The van der Waals surface area contributed by atoms with Gasteiger partial charge < -0.3 is 4.90 Å². The maximum atomic E-state index is 12.8. The van der Waals surface area contributed by atoms with Gasteiger partial charge in [0.05, 0.1) is 0 Å². The molecule has 126 valence electrons. The fourth-order valence-electron chi connectivity index (χ4n) is 3.35. The number of fused-ring (bicyclic) bond motifs is 1. The molecule has 23 heavy (non-hydrogen) atoms. The third-order valence-electron chi connectivity index (χ3n) is 4.74. The highest BCUT2D eigenvalue weighted by molar-refractivity contribution is 7.86. The molecule has 7 heteroatoms. The van der Waals surface area contributed by atoms with Crippen molar-refractivity contribution in [2.75, 3.05) is 38.6 Å². The number of benzene rings is 1. The SMILES string of the molecule is CN(C)S(=O)(=O)N1CCC(C(=O)N2CCc3ccccc32)CC1. The van der Waals surface area contributed by atoms with Crippen molar-refractivity contribution < 1.29 is 13.2 Å². The predicted octanol–water partition coefficient (Wildman–Crippen LogP) is 1.09. The lowest BCUT2D eigenvalue weighted by molar-refractivity contribution is -0.123. The Balaban J connectivity index is 1.66. The van der Waals surface area contributed by atoms with E-state index in [-0.39, 0.29) is 11.8 Å². The topological polar surface area (TPSA) is 60.9 Å². The Bertz CT molecular complexity index is 694. The highest BCUT2D eigenvalue weighted by Gasteiger charge is 2.35. The van der Waals surface area contributed by atoms with Gasteiger partial charge in [-0.2, -0.15) is 17.0 Å². The molecule has 2 heterocycles. The van der Waals surface area contributed by atoms with Crippen LogP contribution in [0.5, 0.6) is 0 Å². The molecule has 0 radical (unpaired) electrons. The minimum Gasteiger partial charge on any atom is -0.312 e. The van der Waals surface area contributed by atoms with Crippen LogP contribution in [0.1, 0.15) is 18.4 Å². The molecular formula is C16H23N3O3S. The third kappa shape index (κ3) is 3.00. The molecule has 0 aliphatic carbocycles. The van der Waals surface area contributed by atoms with Gasteiger partial charge in [0.25, 0.3) is 10.2 Å². The third-order valence-corrected chi connectivity index (χ3v) is 6.68. The average molecular weight is 337 g/mol. The highest BCUT2D eigenvalue weighted by atomic mass is 32.2. The van der Waals surface area contributed by atoms with Crippen LogP contribution in [0.25, 0.3) is 0 Å². The monoisotopic (exact) mass is 337 g/mol. The first-order valence-corrected chi connectivity index (χ1v) is 9.38. The van der Waals surface area contributed by atoms with Crippen molar-refractivity contribution in [3.8, 4) is 0 Å². The van der Waals surface area contributed by atoms with E-state index < -0.39 is 10.2 Å². The summed E-state index contributed by atoms with van der Waals surface area (Å²) in [6, 6.07) is 8.01. The smallest absolute Gasteiger partial charge is 0.281 e. The molecular weight excluding hydrogens is 314 g/mol. The summed E-state index contributed by atoms with van der Waals surface area (Å²) < 4.78 is 27.0. The molecule has 2 aliphatic heterocycles. The summed E-state index contributed by atoms with van der Waals surface area (Å²) in [5, 5.41) is 0. The fourth-order valence-corrected chi connectivity index (χ4v) is 4.49. The Morgan fingerprint density at radius 3 is 2.43 bits per heavy atom. The van der Waals surface area contributed by atoms with Gasteiger partial charge >= 0.3 is 0 Å². The molecule has 0 spiro atoms. The minimum absolute atomic E-state index is 0.0882. The van der Waals surface area contributed by atoms with E-state index in [1.807, 2.05) is 23.1 Å². The number of carbonyl (C=O) groups excluding carboxylic acids is 1. The van der Waals surface area contributed by atoms with E-state index in [9.17, 15) is 13.2 Å². The van der Waals surface area contributed by atoms with E-state index in [0.717, 1.165) is 18.7 Å². The summed E-state index contributed by atoms with van der Waals surface area (Å²) in [6.45, 7) is 1.55. The number of carbonyl (C=O) groups is 1. The predicted molar refractivity (Wildman–Crippen MR) is 89.4 cm³/mol. The van der Waals surface area contributed by atoms with Crippen molar-refractivity contribution in [1.29, 1.82) is 0 Å². The van der Waals surface area contributed by atoms with E-state index in [1.165, 1.54) is 28.3 Å². The van der Waals surface area contributed by atoms with Crippen LogP contribution in [-0.2, 0) is 21.4 Å². The second-order valence-corrected chi connectivity index (χ2v) is 8.47. The number of piperidine rings is 1. The van der Waals surface area contributed by atoms with Crippen molar-refractivity contribution in [3.63, 3.8) is 0 Å². The summed E-state index contributed by atoms with van der Waals surface area (Å²) in [5.74, 6) is 0.0478. The van der Waals surface area contributed by atoms with Crippen LogP contribution in [0.3, 0.4) is 0 Å². The Morgan fingerprint density at radius 2 is 1.78 bits per heavy atom. The van der Waals surface area contributed by atoms with Gasteiger partial charge in [-0.1, -0.05) is 18.2 Å². The largest absolute Gasteiger partial charge is 0.312 e. The van der Waals surface area contributed by atoms with Crippen molar-refractivity contribution in [1.82, 2.24) is 8.61 Å². The van der Waals surface area contributed by atoms with Gasteiger partial charge in [0.1, 0.15) is 0 Å². The quantitative estimate of drug-likeness (QED) is 0.830. The second-order valence-electron chi connectivity index (χ2n) is 6.33. The lowest BCUT2D eigenvalue weighted by Gasteiger charge is -2.33. The van der Waals surface area contributed by atoms with Gasteiger partial charge in [-0.05, 0) is 30.9 Å². The highest BCUT2D eigenvalue weighted by Crippen LogP contribution is 2.31. The molecule has 0 atom stereocenters. The van der Waals surface area contributed by atoms with Crippen LogP contribution >= 0.6 is 0 Å². The van der Waals surface area contributed by atoms with E-state index in [2.05, 4.69) is 6.07 Å². The molecule has 0 bridgehead atoms. The van der Waals surface area contributed by atoms with Gasteiger partial charge in [-0.25, -0.2) is 0 Å². The maximum Gasteiger partial charge on any atom is 0.281 e. The van der Waals surface area contributed by atoms with Crippen LogP contribution in [0.2, 0.25) is 0 Å². The molecule has 0 saturated carbocycles. The lowest BCUT2D eigenvalue weighted by atomic mass is 9.96. The molecule has 0 unspecified atom stereocenters. The molecule has 0 aromatic heterocycles. The number of rotatable bonds is 3. The van der Waals surface area contributed by atoms with Crippen LogP contribution < -0.4 is 4.90 Å². The van der Waals surface area contributed by atoms with Crippen LogP contribution in [0.15, 0.2) is 24.3 Å². The molecule has 1 aromatic carbocycles. The maximum absolute atomic E-state index is 12.8. The number of amides is 1. The zero-order valence-corrected chi connectivity index (χ0v) is 14.4. The first kappa shape index (κ1) is 16.4. The second kappa shape index (κ2) is 6.22. The summed E-state index contributed by atoms with van der Waals surface area (Å²) in [6.07, 6.45) is 2.07. The van der Waals surface area contributed by atoms with Crippen molar-refractivity contribution in [3.05, 3.63) is 29.8 Å². The first-order valence-electron chi connectivity index (χ1n) is 7.98. The number of anilines is 1. The summed E-state index contributed by atoms with van der Waals surface area (Å²) in [7, 11) is -0.304. The van der Waals surface area contributed by atoms with Gasteiger partial charge in [0.15, 0.2) is 0 Å². The average Bonchev–Trinajstić information content (AvgIpc) is 2.98. The zero-order valence-electron chi connectivity index (χ0n) is 13.6. The number of hydrogen-bond acceptors (Lipinski definition) is 3. The van der Waals surface area contributed by atoms with Crippen LogP contribution in [0.4, 0.5) is 5.69 Å². The van der Waals surface area contributed by atoms with E-state index in [4.69, 9.17) is 0 Å². The normalized spacial score (nSPS) is 20.0. The van der Waals surface area contributed by atoms with Crippen molar-refractivity contribution in [2.45, 2.75) is 19.3 Å². The molecule has 6 nitrogen and oxygen atoms in total.